The molecule has 0 saturated carbocycles. The molecule has 0 aliphatic carbocycles. The first-order chi connectivity index (χ1) is 8.54. The Hall–Kier alpha value is -2.04. The van der Waals surface area contributed by atoms with E-state index in [0.29, 0.717) is 23.6 Å². The third kappa shape index (κ3) is 4.08. The van der Waals surface area contributed by atoms with Crippen LogP contribution in [-0.4, -0.2) is 23.5 Å². The summed E-state index contributed by atoms with van der Waals surface area (Å²) in [7, 11) is 0. The number of carboxylic acids is 1. The molecule has 5 nitrogen and oxygen atoms in total. The van der Waals surface area contributed by atoms with Gasteiger partial charge >= 0.3 is 5.97 Å². The molecule has 0 aliphatic heterocycles. The molecule has 98 valence electrons. The maximum atomic E-state index is 11.7. The zero-order chi connectivity index (χ0) is 13.5. The van der Waals surface area contributed by atoms with E-state index in [-0.39, 0.29) is 18.6 Å². The number of ketones is 1. The lowest BCUT2D eigenvalue weighted by Crippen LogP contribution is -2.05. The van der Waals surface area contributed by atoms with E-state index in [2.05, 4.69) is 0 Å². The molecule has 0 unspecified atom stereocenters. The van der Waals surface area contributed by atoms with Gasteiger partial charge in [0.05, 0.1) is 18.7 Å². The van der Waals surface area contributed by atoms with Crippen LogP contribution in [0.5, 0.6) is 5.75 Å². The van der Waals surface area contributed by atoms with Crippen molar-refractivity contribution in [3.63, 3.8) is 0 Å². The molecule has 0 atom stereocenters. The number of ether oxygens (including phenoxy) is 1. The zero-order valence-electron chi connectivity index (χ0n) is 10.3. The van der Waals surface area contributed by atoms with Crippen molar-refractivity contribution >= 4 is 17.4 Å². The third-order valence-electron chi connectivity index (χ3n) is 2.36. The molecule has 0 amide bonds. The molecule has 18 heavy (non-hydrogen) atoms. The van der Waals surface area contributed by atoms with E-state index >= 15 is 0 Å². The highest BCUT2D eigenvalue weighted by Gasteiger charge is 2.10. The Morgan fingerprint density at radius 1 is 1.33 bits per heavy atom. The molecule has 1 rings (SSSR count). The number of rotatable bonds is 7. The highest BCUT2D eigenvalue weighted by atomic mass is 16.5. The highest BCUT2D eigenvalue weighted by Crippen LogP contribution is 2.23. The van der Waals surface area contributed by atoms with E-state index in [1.54, 1.807) is 12.1 Å². The minimum absolute atomic E-state index is 0.0239. The molecule has 3 N–H and O–H groups in total. The van der Waals surface area contributed by atoms with Crippen molar-refractivity contribution in [2.45, 2.75) is 26.2 Å². The molecule has 0 fully saturated rings. The van der Waals surface area contributed by atoms with Gasteiger partial charge in [-0.05, 0) is 24.6 Å². The first-order valence-corrected chi connectivity index (χ1v) is 5.82. The van der Waals surface area contributed by atoms with Crippen LogP contribution in [0.15, 0.2) is 18.2 Å². The van der Waals surface area contributed by atoms with Crippen LogP contribution in [0.4, 0.5) is 5.69 Å². The number of carboxylic acid groups (broad SMARTS) is 1. The summed E-state index contributed by atoms with van der Waals surface area (Å²) in [4.78, 5) is 22.0. The van der Waals surface area contributed by atoms with Gasteiger partial charge in [0.1, 0.15) is 5.75 Å². The standard InChI is InChI=1S/C13H17NO4/c1-2-7-18-12-5-3-9(8-10(12)14)11(15)4-6-13(16)17/h3,5,8H,2,4,6-7,14H2,1H3,(H,16,17). The van der Waals surface area contributed by atoms with Gasteiger partial charge in [0.2, 0.25) is 0 Å². The van der Waals surface area contributed by atoms with Gasteiger partial charge in [-0.2, -0.15) is 0 Å². The number of anilines is 1. The van der Waals surface area contributed by atoms with Gasteiger partial charge in [0, 0.05) is 12.0 Å². The lowest BCUT2D eigenvalue weighted by atomic mass is 10.1. The van der Waals surface area contributed by atoms with Gasteiger partial charge in [0.15, 0.2) is 5.78 Å². The van der Waals surface area contributed by atoms with Gasteiger partial charge < -0.3 is 15.6 Å². The van der Waals surface area contributed by atoms with Crippen LogP contribution in [-0.2, 0) is 4.79 Å². The Kier molecular flexibility index (Phi) is 5.17. The molecule has 1 aromatic carbocycles. The second-order valence-electron chi connectivity index (χ2n) is 3.92. The minimum Gasteiger partial charge on any atom is -0.491 e. The van der Waals surface area contributed by atoms with Gasteiger partial charge in [-0.25, -0.2) is 0 Å². The lowest BCUT2D eigenvalue weighted by molar-refractivity contribution is -0.136. The SMILES string of the molecule is CCCOc1ccc(C(=O)CCC(=O)O)cc1N. The normalized spacial score (nSPS) is 10.1. The monoisotopic (exact) mass is 251 g/mol. The molecule has 5 heteroatoms. The third-order valence-corrected chi connectivity index (χ3v) is 2.36. The van der Waals surface area contributed by atoms with E-state index in [0.717, 1.165) is 6.42 Å². The number of Topliss-reactive ketones (excluding diaryl/α,β-unsaturated/α-hetero) is 1. The van der Waals surface area contributed by atoms with Gasteiger partial charge in [-0.3, -0.25) is 9.59 Å². The van der Waals surface area contributed by atoms with Crippen molar-refractivity contribution in [2.24, 2.45) is 0 Å². The first kappa shape index (κ1) is 14.0. The first-order valence-electron chi connectivity index (χ1n) is 5.82. The summed E-state index contributed by atoms with van der Waals surface area (Å²) in [5.41, 5.74) is 6.57. The van der Waals surface area contributed by atoms with Crippen LogP contribution >= 0.6 is 0 Å². The van der Waals surface area contributed by atoms with E-state index in [4.69, 9.17) is 15.6 Å². The fourth-order valence-electron chi connectivity index (χ4n) is 1.43. The largest absolute Gasteiger partial charge is 0.491 e. The van der Waals surface area contributed by atoms with Crippen LogP contribution in [0.2, 0.25) is 0 Å². The molecule has 0 aliphatic rings. The van der Waals surface area contributed by atoms with E-state index < -0.39 is 5.97 Å². The predicted octanol–water partition coefficient (Wildman–Crippen LogP) is 2.11. The number of benzene rings is 1. The van der Waals surface area contributed by atoms with Crippen LogP contribution in [0.1, 0.15) is 36.5 Å². The Balaban J connectivity index is 2.71. The van der Waals surface area contributed by atoms with E-state index in [1.165, 1.54) is 6.07 Å². The Morgan fingerprint density at radius 2 is 2.06 bits per heavy atom. The van der Waals surface area contributed by atoms with Crippen molar-refractivity contribution in [2.75, 3.05) is 12.3 Å². The number of carbonyl (C=O) groups excluding carboxylic acids is 1. The fourth-order valence-corrected chi connectivity index (χ4v) is 1.43. The molecule has 0 bridgehead atoms. The van der Waals surface area contributed by atoms with Crippen molar-refractivity contribution in [1.29, 1.82) is 0 Å². The molecular formula is C13H17NO4. The molecular weight excluding hydrogens is 234 g/mol. The maximum absolute atomic E-state index is 11.7. The van der Waals surface area contributed by atoms with Crippen LogP contribution < -0.4 is 10.5 Å². The average molecular weight is 251 g/mol. The second-order valence-corrected chi connectivity index (χ2v) is 3.92. The van der Waals surface area contributed by atoms with Crippen molar-refractivity contribution in [1.82, 2.24) is 0 Å². The van der Waals surface area contributed by atoms with E-state index in [1.807, 2.05) is 6.92 Å². The number of hydrogen-bond acceptors (Lipinski definition) is 4. The summed E-state index contributed by atoms with van der Waals surface area (Å²) >= 11 is 0. The maximum Gasteiger partial charge on any atom is 0.303 e. The van der Waals surface area contributed by atoms with Gasteiger partial charge in [-0.1, -0.05) is 6.92 Å². The molecule has 0 saturated heterocycles. The topological polar surface area (TPSA) is 89.6 Å². The molecule has 0 radical (unpaired) electrons. The van der Waals surface area contributed by atoms with Crippen LogP contribution in [0.3, 0.4) is 0 Å². The summed E-state index contributed by atoms with van der Waals surface area (Å²) in [5, 5.41) is 8.51. The minimum atomic E-state index is -0.987. The fraction of sp³-hybridized carbons (Fsp3) is 0.385. The van der Waals surface area contributed by atoms with Crippen molar-refractivity contribution < 1.29 is 19.4 Å². The molecule has 1 aromatic rings. The number of carbonyl (C=O) groups is 2. The molecule has 0 heterocycles. The summed E-state index contributed by atoms with van der Waals surface area (Å²) < 4.78 is 5.39. The molecule has 0 spiro atoms. The average Bonchev–Trinajstić information content (AvgIpc) is 2.34. The number of nitrogen functional groups attached to an aromatic ring is 1. The summed E-state index contributed by atoms with van der Waals surface area (Å²) in [6.07, 6.45) is 0.676. The van der Waals surface area contributed by atoms with Crippen molar-refractivity contribution in [3.8, 4) is 5.75 Å². The lowest BCUT2D eigenvalue weighted by Gasteiger charge is -2.09. The smallest absolute Gasteiger partial charge is 0.303 e. The second kappa shape index (κ2) is 6.64. The van der Waals surface area contributed by atoms with Crippen LogP contribution in [0.25, 0.3) is 0 Å². The Labute approximate surface area is 106 Å². The zero-order valence-corrected chi connectivity index (χ0v) is 10.3. The predicted molar refractivity (Wildman–Crippen MR) is 67.8 cm³/mol. The summed E-state index contributed by atoms with van der Waals surface area (Å²) in [5.74, 6) is -0.669. The van der Waals surface area contributed by atoms with E-state index in [9.17, 15) is 9.59 Å². The number of aliphatic carboxylic acids is 1. The Bertz CT molecular complexity index is 443. The van der Waals surface area contributed by atoms with Gasteiger partial charge in [0.25, 0.3) is 0 Å². The number of nitrogens with two attached hydrogens (primary N) is 1. The summed E-state index contributed by atoms with van der Waals surface area (Å²) in [6, 6.07) is 4.76. The Morgan fingerprint density at radius 3 is 2.61 bits per heavy atom. The summed E-state index contributed by atoms with van der Waals surface area (Å²) in [6.45, 7) is 2.55. The van der Waals surface area contributed by atoms with Crippen LogP contribution in [0, 0.1) is 0 Å². The van der Waals surface area contributed by atoms with Gasteiger partial charge in [-0.15, -0.1) is 0 Å². The number of hydrogen-bond donors (Lipinski definition) is 2. The van der Waals surface area contributed by atoms with Crippen molar-refractivity contribution in [3.05, 3.63) is 23.8 Å². The highest BCUT2D eigenvalue weighted by molar-refractivity contribution is 5.98. The quantitative estimate of drug-likeness (QED) is 0.572. The molecule has 0 aromatic heterocycles.